The van der Waals surface area contributed by atoms with Gasteiger partial charge in [-0.05, 0) is 65.6 Å². The van der Waals surface area contributed by atoms with E-state index in [1.807, 2.05) is 36.4 Å². The molecular weight excluding hydrogens is 539 g/mol. The molecule has 0 saturated carbocycles. The number of rotatable bonds is 4. The molecule has 0 saturated heterocycles. The van der Waals surface area contributed by atoms with Gasteiger partial charge in [0.05, 0.1) is 10.7 Å². The van der Waals surface area contributed by atoms with Crippen molar-refractivity contribution in [2.75, 3.05) is 5.32 Å². The van der Waals surface area contributed by atoms with E-state index in [1.54, 1.807) is 22.8 Å². The van der Waals surface area contributed by atoms with E-state index >= 15 is 0 Å². The second-order valence-electron chi connectivity index (χ2n) is 9.02. The number of carbonyl (C=O) groups is 2. The average Bonchev–Trinajstić information content (AvgIpc) is 3.67. The molecule has 0 radical (unpaired) electrons. The summed E-state index contributed by atoms with van der Waals surface area (Å²) >= 11 is 7.67. The molecule has 0 fully saturated rings. The molecule has 1 aliphatic heterocycles. The van der Waals surface area contributed by atoms with Crippen molar-refractivity contribution >= 4 is 56.4 Å². The minimum absolute atomic E-state index is 0.274. The summed E-state index contributed by atoms with van der Waals surface area (Å²) in [6.07, 6.45) is 3.24. The van der Waals surface area contributed by atoms with E-state index in [2.05, 4.69) is 25.1 Å². The van der Waals surface area contributed by atoms with E-state index in [-0.39, 0.29) is 16.6 Å². The summed E-state index contributed by atoms with van der Waals surface area (Å²) in [6.45, 7) is 0. The number of hydrogen-bond donors (Lipinski definition) is 2. The Bertz CT molecular complexity index is 1970. The minimum Gasteiger partial charge on any atom is -0.341 e. The Kier molecular flexibility index (Phi) is 5.39. The van der Waals surface area contributed by atoms with Crippen molar-refractivity contribution in [1.82, 2.24) is 24.3 Å². The van der Waals surface area contributed by atoms with Crippen molar-refractivity contribution in [3.05, 3.63) is 112 Å². The van der Waals surface area contributed by atoms with Gasteiger partial charge < -0.3 is 10.6 Å². The maximum Gasteiger partial charge on any atom is 0.276 e. The first-order valence-corrected chi connectivity index (χ1v) is 13.0. The standard InChI is InChI=1S/C28H16ClFN6O2S/c29-20-7-6-16(30)11-18(20)25-24-19(27(37)34-25)9-15(14-5-8-23-31-13-32-36(23)12-14)10-21(24)33-28(38)26-17-3-1-2-4-22(17)39-35-26/h1-13,25H,(H,33,38)(H,34,37)/t25-/m1/s1. The number of fused-ring (bicyclic) bond motifs is 3. The van der Waals surface area contributed by atoms with Crippen molar-refractivity contribution in [2.45, 2.75) is 6.04 Å². The number of hydrogen-bond acceptors (Lipinski definition) is 6. The average molecular weight is 555 g/mol. The zero-order chi connectivity index (χ0) is 26.7. The van der Waals surface area contributed by atoms with Crippen LogP contribution in [0.1, 0.15) is 38.0 Å². The number of nitrogens with zero attached hydrogens (tertiary/aromatic N) is 4. The van der Waals surface area contributed by atoms with Gasteiger partial charge in [-0.1, -0.05) is 29.8 Å². The third-order valence-electron chi connectivity index (χ3n) is 6.71. The Morgan fingerprint density at radius 2 is 1.95 bits per heavy atom. The molecule has 3 aromatic carbocycles. The molecule has 4 heterocycles. The van der Waals surface area contributed by atoms with Gasteiger partial charge in [-0.15, -0.1) is 0 Å². The largest absolute Gasteiger partial charge is 0.341 e. The molecule has 1 atom stereocenters. The fourth-order valence-electron chi connectivity index (χ4n) is 4.89. The van der Waals surface area contributed by atoms with Crippen LogP contribution in [0.25, 0.3) is 26.9 Å². The van der Waals surface area contributed by atoms with Gasteiger partial charge in [0.1, 0.15) is 17.8 Å². The molecule has 0 spiro atoms. The fraction of sp³-hybridized carbons (Fsp3) is 0.0357. The van der Waals surface area contributed by atoms with Gasteiger partial charge in [-0.2, -0.15) is 9.47 Å². The third kappa shape index (κ3) is 3.92. The molecule has 8 nitrogen and oxygen atoms in total. The van der Waals surface area contributed by atoms with Crippen LogP contribution < -0.4 is 10.6 Å². The highest BCUT2D eigenvalue weighted by molar-refractivity contribution is 7.13. The SMILES string of the molecule is O=C1N[C@H](c2cc(F)ccc2Cl)c2c(NC(=O)c3nsc4ccccc34)cc(-c3ccc4ncnn4c3)cc21. The van der Waals surface area contributed by atoms with Crippen LogP contribution >= 0.6 is 23.1 Å². The highest BCUT2D eigenvalue weighted by Crippen LogP contribution is 2.42. The molecule has 11 heteroatoms. The van der Waals surface area contributed by atoms with Crippen molar-refractivity contribution in [3.8, 4) is 11.1 Å². The summed E-state index contributed by atoms with van der Waals surface area (Å²) in [5.74, 6) is -1.29. The molecule has 0 bridgehead atoms. The second kappa shape index (κ2) is 8.97. The highest BCUT2D eigenvalue weighted by atomic mass is 35.5. The summed E-state index contributed by atoms with van der Waals surface area (Å²) in [6, 6.07) is 17.9. The second-order valence-corrected chi connectivity index (χ2v) is 10.2. The summed E-state index contributed by atoms with van der Waals surface area (Å²) in [5, 5.41) is 11.1. The lowest BCUT2D eigenvalue weighted by atomic mass is 9.93. The summed E-state index contributed by atoms with van der Waals surface area (Å²) < 4.78 is 21.1. The lowest BCUT2D eigenvalue weighted by molar-refractivity contribution is 0.0959. The Labute approximate surface area is 229 Å². The van der Waals surface area contributed by atoms with Gasteiger partial charge in [-0.25, -0.2) is 13.9 Å². The number of aromatic nitrogens is 4. The zero-order valence-corrected chi connectivity index (χ0v) is 21.4. The number of benzene rings is 3. The van der Waals surface area contributed by atoms with E-state index in [0.717, 1.165) is 15.6 Å². The maximum absolute atomic E-state index is 14.2. The lowest BCUT2D eigenvalue weighted by Crippen LogP contribution is -2.21. The molecule has 2 amide bonds. The van der Waals surface area contributed by atoms with Gasteiger partial charge in [-0.3, -0.25) is 9.59 Å². The lowest BCUT2D eigenvalue weighted by Gasteiger charge is -2.19. The first-order valence-electron chi connectivity index (χ1n) is 11.9. The number of nitrogens with one attached hydrogen (secondary N) is 2. The predicted molar refractivity (Wildman–Crippen MR) is 147 cm³/mol. The Hall–Kier alpha value is -4.67. The fourth-order valence-corrected chi connectivity index (χ4v) is 5.89. The van der Waals surface area contributed by atoms with Crippen LogP contribution in [0.5, 0.6) is 0 Å². The van der Waals surface area contributed by atoms with Crippen LogP contribution in [0, 0.1) is 5.82 Å². The van der Waals surface area contributed by atoms with E-state index in [9.17, 15) is 14.0 Å². The minimum atomic E-state index is -0.773. The Morgan fingerprint density at radius 3 is 2.85 bits per heavy atom. The Balaban J connectivity index is 1.40. The summed E-state index contributed by atoms with van der Waals surface area (Å²) in [5.41, 5.74) is 3.97. The van der Waals surface area contributed by atoms with Crippen LogP contribution in [0.3, 0.4) is 0 Å². The molecule has 0 unspecified atom stereocenters. The number of carbonyl (C=O) groups excluding carboxylic acids is 2. The topological polar surface area (TPSA) is 101 Å². The molecular formula is C28H16ClFN6O2S. The van der Waals surface area contributed by atoms with Crippen molar-refractivity contribution < 1.29 is 14.0 Å². The molecule has 39 heavy (non-hydrogen) atoms. The quantitative estimate of drug-likeness (QED) is 0.283. The normalized spacial score (nSPS) is 14.5. The van der Waals surface area contributed by atoms with Crippen LogP contribution in [0.15, 0.2) is 79.3 Å². The summed E-state index contributed by atoms with van der Waals surface area (Å²) in [4.78, 5) is 31.0. The molecule has 7 rings (SSSR count). The first-order chi connectivity index (χ1) is 19.0. The number of pyridine rings is 1. The van der Waals surface area contributed by atoms with Crippen molar-refractivity contribution in [2.24, 2.45) is 0 Å². The zero-order valence-electron chi connectivity index (χ0n) is 19.9. The number of amides is 2. The molecule has 6 aromatic rings. The van der Waals surface area contributed by atoms with Crippen LogP contribution in [-0.4, -0.2) is 30.8 Å². The molecule has 2 N–H and O–H groups in total. The molecule has 190 valence electrons. The maximum atomic E-state index is 14.2. The van der Waals surface area contributed by atoms with Crippen molar-refractivity contribution in [1.29, 1.82) is 0 Å². The molecule has 1 aliphatic rings. The van der Waals surface area contributed by atoms with Gasteiger partial charge in [0.25, 0.3) is 11.8 Å². The monoisotopic (exact) mass is 554 g/mol. The van der Waals surface area contributed by atoms with Crippen LogP contribution in [-0.2, 0) is 0 Å². The predicted octanol–water partition coefficient (Wildman–Crippen LogP) is 5.88. The molecule has 3 aromatic heterocycles. The van der Waals surface area contributed by atoms with Gasteiger partial charge in [0, 0.05) is 44.5 Å². The summed E-state index contributed by atoms with van der Waals surface area (Å²) in [7, 11) is 0. The van der Waals surface area contributed by atoms with Gasteiger partial charge in [0.2, 0.25) is 0 Å². The smallest absolute Gasteiger partial charge is 0.276 e. The van der Waals surface area contributed by atoms with Crippen molar-refractivity contribution in [3.63, 3.8) is 0 Å². The van der Waals surface area contributed by atoms with E-state index < -0.39 is 17.8 Å². The third-order valence-corrected chi connectivity index (χ3v) is 7.88. The highest BCUT2D eigenvalue weighted by Gasteiger charge is 2.35. The van der Waals surface area contributed by atoms with Crippen LogP contribution in [0.4, 0.5) is 10.1 Å². The Morgan fingerprint density at radius 1 is 1.08 bits per heavy atom. The van der Waals surface area contributed by atoms with E-state index in [1.165, 1.54) is 36.1 Å². The molecule has 0 aliphatic carbocycles. The first kappa shape index (κ1) is 23.4. The number of halogens is 2. The number of anilines is 1. The van der Waals surface area contributed by atoms with Gasteiger partial charge >= 0.3 is 0 Å². The van der Waals surface area contributed by atoms with E-state index in [0.29, 0.717) is 33.6 Å². The van der Waals surface area contributed by atoms with Crippen LogP contribution in [0.2, 0.25) is 5.02 Å². The van der Waals surface area contributed by atoms with E-state index in [4.69, 9.17) is 11.6 Å². The van der Waals surface area contributed by atoms with Gasteiger partial charge in [0.15, 0.2) is 5.65 Å².